The molecule has 46 valence electrons. The van der Waals surface area contributed by atoms with Crippen LogP contribution in [0.1, 0.15) is 13.8 Å². The minimum atomic E-state index is 0. The maximum atomic E-state index is 4.83. The molecule has 7 heavy (non-hydrogen) atoms. The SMILES string of the molecule is CCOCC.I.[AlH3]. The Balaban J connectivity index is -0.0000000800. The highest BCUT2D eigenvalue weighted by atomic mass is 127. The third-order valence-corrected chi connectivity index (χ3v) is 0.408. The van der Waals surface area contributed by atoms with Crippen LogP contribution in [0.5, 0.6) is 0 Å². The Hall–Kier alpha value is 1.22. The molecule has 0 fully saturated rings. The number of halogens is 1. The molecule has 0 heterocycles. The molecule has 0 aliphatic rings. The van der Waals surface area contributed by atoms with Gasteiger partial charge in [-0.1, -0.05) is 0 Å². The lowest BCUT2D eigenvalue weighted by atomic mass is 10.8. The molecule has 0 aromatic carbocycles. The Bertz CT molecular complexity index is 19.2. The smallest absolute Gasteiger partial charge is 0.187 e. The Morgan fingerprint density at radius 1 is 1.14 bits per heavy atom. The predicted octanol–water partition coefficient (Wildman–Crippen LogP) is 0.477. The second-order valence-corrected chi connectivity index (χ2v) is 0.781. The van der Waals surface area contributed by atoms with E-state index >= 15 is 0 Å². The second kappa shape index (κ2) is 15.7. The van der Waals surface area contributed by atoms with Crippen molar-refractivity contribution in [3.8, 4) is 0 Å². The molecule has 0 unspecified atom stereocenters. The van der Waals surface area contributed by atoms with Crippen molar-refractivity contribution in [2.75, 3.05) is 13.2 Å². The van der Waals surface area contributed by atoms with Crippen LogP contribution in [0.4, 0.5) is 0 Å². The molecule has 0 bridgehead atoms. The van der Waals surface area contributed by atoms with E-state index in [1.165, 1.54) is 0 Å². The van der Waals surface area contributed by atoms with Crippen molar-refractivity contribution in [2.24, 2.45) is 0 Å². The quantitative estimate of drug-likeness (QED) is 0.497. The van der Waals surface area contributed by atoms with E-state index < -0.39 is 0 Å². The average Bonchev–Trinajstić information content (AvgIpc) is 1.41. The summed E-state index contributed by atoms with van der Waals surface area (Å²) in [7, 11) is 0. The van der Waals surface area contributed by atoms with Crippen molar-refractivity contribution >= 4 is 41.3 Å². The monoisotopic (exact) mass is 232 g/mol. The van der Waals surface area contributed by atoms with Crippen LogP contribution in [-0.4, -0.2) is 30.6 Å². The number of rotatable bonds is 2. The molecular formula is C4H14AlIO. The second-order valence-electron chi connectivity index (χ2n) is 0.781. The van der Waals surface area contributed by atoms with Crippen molar-refractivity contribution in [2.45, 2.75) is 13.8 Å². The fourth-order valence-corrected chi connectivity index (χ4v) is 0.204. The summed E-state index contributed by atoms with van der Waals surface area (Å²) in [5, 5.41) is 0. The Kier molecular flexibility index (Phi) is 35.2. The van der Waals surface area contributed by atoms with Gasteiger partial charge in [-0.05, 0) is 13.8 Å². The summed E-state index contributed by atoms with van der Waals surface area (Å²) in [5.74, 6) is 0. The standard InChI is InChI=1S/C4H10O.Al.HI.3H/c1-3-5-4-2;;;;;/h3-4H2,1-2H3;;1H;;;. The predicted molar refractivity (Wildman–Crippen MR) is 47.5 cm³/mol. The van der Waals surface area contributed by atoms with Crippen molar-refractivity contribution < 1.29 is 4.74 Å². The molecule has 0 spiro atoms. The number of ether oxygens (including phenoxy) is 1. The fraction of sp³-hybridized carbons (Fsp3) is 1.00. The maximum Gasteiger partial charge on any atom is 0.187 e. The van der Waals surface area contributed by atoms with Gasteiger partial charge >= 0.3 is 0 Å². The van der Waals surface area contributed by atoms with Gasteiger partial charge in [0.15, 0.2) is 17.4 Å². The summed E-state index contributed by atoms with van der Waals surface area (Å²) >= 11 is 0. The van der Waals surface area contributed by atoms with E-state index in [2.05, 4.69) is 0 Å². The van der Waals surface area contributed by atoms with E-state index in [0.29, 0.717) is 0 Å². The van der Waals surface area contributed by atoms with Crippen LogP contribution < -0.4 is 0 Å². The van der Waals surface area contributed by atoms with Gasteiger partial charge in [0.2, 0.25) is 0 Å². The van der Waals surface area contributed by atoms with Crippen LogP contribution in [0.3, 0.4) is 0 Å². The fourth-order valence-electron chi connectivity index (χ4n) is 0.204. The van der Waals surface area contributed by atoms with E-state index in [0.717, 1.165) is 13.2 Å². The summed E-state index contributed by atoms with van der Waals surface area (Å²) in [6, 6.07) is 0. The highest BCUT2D eigenvalue weighted by Gasteiger charge is 1.64. The molecule has 0 saturated carbocycles. The van der Waals surface area contributed by atoms with E-state index in [-0.39, 0.29) is 41.3 Å². The third-order valence-electron chi connectivity index (χ3n) is 0.408. The normalized spacial score (nSPS) is 6.00. The molecule has 0 saturated heterocycles. The molecule has 0 aliphatic carbocycles. The molecule has 1 nitrogen and oxygen atoms in total. The largest absolute Gasteiger partial charge is 0.382 e. The van der Waals surface area contributed by atoms with Crippen molar-refractivity contribution in [1.29, 1.82) is 0 Å². The summed E-state index contributed by atoms with van der Waals surface area (Å²) in [6.07, 6.45) is 0. The zero-order valence-corrected chi connectivity index (χ0v) is 6.56. The average molecular weight is 232 g/mol. The highest BCUT2D eigenvalue weighted by Crippen LogP contribution is 1.64. The Morgan fingerprint density at radius 2 is 1.43 bits per heavy atom. The first-order valence-electron chi connectivity index (χ1n) is 1.99. The van der Waals surface area contributed by atoms with Crippen LogP contribution >= 0.6 is 24.0 Å². The van der Waals surface area contributed by atoms with Gasteiger partial charge in [-0.2, -0.15) is 0 Å². The summed E-state index contributed by atoms with van der Waals surface area (Å²) in [4.78, 5) is 0. The topological polar surface area (TPSA) is 9.23 Å². The molecule has 0 aliphatic heterocycles. The summed E-state index contributed by atoms with van der Waals surface area (Å²) in [5.41, 5.74) is 0. The minimum absolute atomic E-state index is 0. The van der Waals surface area contributed by atoms with Gasteiger partial charge in [0, 0.05) is 13.2 Å². The zero-order valence-electron chi connectivity index (χ0n) is 4.23. The van der Waals surface area contributed by atoms with Gasteiger partial charge in [-0.25, -0.2) is 0 Å². The molecule has 0 N–H and O–H groups in total. The van der Waals surface area contributed by atoms with E-state index in [1.807, 2.05) is 13.8 Å². The zero-order chi connectivity index (χ0) is 4.12. The highest BCUT2D eigenvalue weighted by molar-refractivity contribution is 14.0. The molecular weight excluding hydrogens is 218 g/mol. The molecule has 0 rings (SSSR count). The van der Waals surface area contributed by atoms with Crippen LogP contribution in [0.15, 0.2) is 0 Å². The van der Waals surface area contributed by atoms with Crippen molar-refractivity contribution in [3.63, 3.8) is 0 Å². The Labute approximate surface area is 73.0 Å². The lowest BCUT2D eigenvalue weighted by molar-refractivity contribution is 0.162. The van der Waals surface area contributed by atoms with Gasteiger partial charge in [0.1, 0.15) is 0 Å². The number of hydrogen-bond donors (Lipinski definition) is 0. The third kappa shape index (κ3) is 19.0. The molecule has 0 atom stereocenters. The minimum Gasteiger partial charge on any atom is -0.382 e. The van der Waals surface area contributed by atoms with Crippen molar-refractivity contribution in [3.05, 3.63) is 0 Å². The van der Waals surface area contributed by atoms with Gasteiger partial charge in [0.05, 0.1) is 0 Å². The lowest BCUT2D eigenvalue weighted by Gasteiger charge is -1.86. The van der Waals surface area contributed by atoms with Crippen LogP contribution in [0.25, 0.3) is 0 Å². The molecule has 3 heteroatoms. The molecule has 0 amide bonds. The summed E-state index contributed by atoms with van der Waals surface area (Å²) < 4.78 is 4.83. The molecule has 0 aromatic rings. The van der Waals surface area contributed by atoms with E-state index in [4.69, 9.17) is 4.74 Å². The Morgan fingerprint density at radius 3 is 1.43 bits per heavy atom. The maximum absolute atomic E-state index is 4.83. The number of hydrogen-bond acceptors (Lipinski definition) is 1. The van der Waals surface area contributed by atoms with Gasteiger partial charge in [0.25, 0.3) is 0 Å². The van der Waals surface area contributed by atoms with Crippen LogP contribution in [-0.2, 0) is 4.74 Å². The summed E-state index contributed by atoms with van der Waals surface area (Å²) in [6.45, 7) is 5.67. The van der Waals surface area contributed by atoms with Gasteiger partial charge in [-0.3, -0.25) is 0 Å². The van der Waals surface area contributed by atoms with Crippen LogP contribution in [0, 0.1) is 0 Å². The first kappa shape index (κ1) is 15.7. The van der Waals surface area contributed by atoms with Gasteiger partial charge < -0.3 is 4.74 Å². The molecule has 0 aromatic heterocycles. The van der Waals surface area contributed by atoms with E-state index in [1.54, 1.807) is 0 Å². The first-order valence-corrected chi connectivity index (χ1v) is 1.99. The lowest BCUT2D eigenvalue weighted by Crippen LogP contribution is -1.84. The van der Waals surface area contributed by atoms with Crippen molar-refractivity contribution in [1.82, 2.24) is 0 Å². The van der Waals surface area contributed by atoms with E-state index in [9.17, 15) is 0 Å². The van der Waals surface area contributed by atoms with Crippen LogP contribution in [0.2, 0.25) is 0 Å². The molecule has 0 radical (unpaired) electrons. The van der Waals surface area contributed by atoms with Gasteiger partial charge in [-0.15, -0.1) is 24.0 Å². The first-order chi connectivity index (χ1) is 2.41.